The first-order chi connectivity index (χ1) is 11.1. The van der Waals surface area contributed by atoms with Crippen LogP contribution >= 0.6 is 11.8 Å². The molecule has 1 atom stereocenters. The van der Waals surface area contributed by atoms with Gasteiger partial charge in [0.2, 0.25) is 0 Å². The van der Waals surface area contributed by atoms with Gasteiger partial charge in [0.15, 0.2) is 5.16 Å². The second kappa shape index (κ2) is 6.08. The summed E-state index contributed by atoms with van der Waals surface area (Å²) in [5.74, 6) is -1.14. The van der Waals surface area contributed by atoms with Crippen LogP contribution in [-0.2, 0) is 11.3 Å². The summed E-state index contributed by atoms with van der Waals surface area (Å²) in [5.41, 5.74) is 1.66. The van der Waals surface area contributed by atoms with E-state index in [1.165, 1.54) is 4.57 Å². The number of carbonyl (C=O) groups is 1. The van der Waals surface area contributed by atoms with Crippen LogP contribution in [0.15, 0.2) is 34.2 Å². The summed E-state index contributed by atoms with van der Waals surface area (Å²) >= 11 is 1.06. The molecule has 0 saturated carbocycles. The SMILES string of the molecule is CC[C@H](Sc1nc2c([nH]c3ccccc32)c(=O)n1CC)C(=O)[O-]. The van der Waals surface area contributed by atoms with Gasteiger partial charge in [0.05, 0.1) is 11.2 Å². The summed E-state index contributed by atoms with van der Waals surface area (Å²) in [6.45, 7) is 4.02. The van der Waals surface area contributed by atoms with Crippen molar-refractivity contribution in [2.45, 2.75) is 37.2 Å². The van der Waals surface area contributed by atoms with Crippen LogP contribution in [0.25, 0.3) is 21.9 Å². The maximum atomic E-state index is 12.7. The summed E-state index contributed by atoms with van der Waals surface area (Å²) in [6.07, 6.45) is 0.401. The second-order valence-electron chi connectivity index (χ2n) is 5.17. The third-order valence-corrected chi connectivity index (χ3v) is 5.11. The number of nitrogens with one attached hydrogen (secondary N) is 1. The maximum absolute atomic E-state index is 12.7. The molecular weight excluding hydrogens is 314 g/mol. The Labute approximate surface area is 136 Å². The molecule has 23 heavy (non-hydrogen) atoms. The van der Waals surface area contributed by atoms with Gasteiger partial charge < -0.3 is 14.9 Å². The molecule has 0 unspecified atom stereocenters. The van der Waals surface area contributed by atoms with Crippen molar-refractivity contribution in [3.63, 3.8) is 0 Å². The molecule has 2 heterocycles. The van der Waals surface area contributed by atoms with E-state index >= 15 is 0 Å². The first kappa shape index (κ1) is 15.6. The normalized spacial score (nSPS) is 12.8. The summed E-state index contributed by atoms with van der Waals surface area (Å²) in [4.78, 5) is 31.6. The molecule has 0 aliphatic heterocycles. The van der Waals surface area contributed by atoms with E-state index in [1.807, 2.05) is 31.2 Å². The number of hydrogen-bond donors (Lipinski definition) is 1. The number of aliphatic carboxylic acids is 1. The molecule has 2 aromatic heterocycles. The molecule has 0 radical (unpaired) electrons. The fourth-order valence-corrected chi connectivity index (χ4v) is 3.57. The van der Waals surface area contributed by atoms with Crippen molar-refractivity contribution in [2.24, 2.45) is 0 Å². The Morgan fingerprint density at radius 3 is 2.78 bits per heavy atom. The molecular formula is C16H16N3O3S-. The van der Waals surface area contributed by atoms with Gasteiger partial charge in [-0.2, -0.15) is 0 Å². The Bertz CT molecular complexity index is 945. The fraction of sp³-hybridized carbons (Fsp3) is 0.312. The van der Waals surface area contributed by atoms with E-state index in [9.17, 15) is 14.7 Å². The summed E-state index contributed by atoms with van der Waals surface area (Å²) in [6, 6.07) is 7.54. The number of carboxylic acids is 1. The number of hydrogen-bond acceptors (Lipinski definition) is 5. The van der Waals surface area contributed by atoms with Gasteiger partial charge in [-0.05, 0) is 19.4 Å². The first-order valence-corrected chi connectivity index (χ1v) is 8.33. The molecule has 0 amide bonds. The number of carbonyl (C=O) groups excluding carboxylic acids is 1. The van der Waals surface area contributed by atoms with Crippen LogP contribution in [-0.4, -0.2) is 25.8 Å². The number of aromatic nitrogens is 3. The number of nitrogens with zero attached hydrogens (tertiary/aromatic N) is 2. The molecule has 0 spiro atoms. The Morgan fingerprint density at radius 1 is 1.39 bits per heavy atom. The topological polar surface area (TPSA) is 90.8 Å². The van der Waals surface area contributed by atoms with Crippen LogP contribution in [0.2, 0.25) is 0 Å². The minimum atomic E-state index is -1.14. The molecule has 3 rings (SSSR count). The van der Waals surface area contributed by atoms with Gasteiger partial charge >= 0.3 is 0 Å². The number of fused-ring (bicyclic) bond motifs is 3. The van der Waals surface area contributed by atoms with Gasteiger partial charge in [-0.15, -0.1) is 0 Å². The molecule has 3 aromatic rings. The summed E-state index contributed by atoms with van der Waals surface area (Å²) in [5, 5.41) is 11.7. The van der Waals surface area contributed by atoms with Crippen molar-refractivity contribution < 1.29 is 9.90 Å². The Balaban J connectivity index is 2.26. The molecule has 0 aliphatic rings. The van der Waals surface area contributed by atoms with E-state index in [1.54, 1.807) is 6.92 Å². The largest absolute Gasteiger partial charge is 0.549 e. The smallest absolute Gasteiger partial charge is 0.278 e. The quantitative estimate of drug-likeness (QED) is 0.566. The van der Waals surface area contributed by atoms with Crippen molar-refractivity contribution in [3.05, 3.63) is 34.6 Å². The fourth-order valence-electron chi connectivity index (χ4n) is 2.57. The van der Waals surface area contributed by atoms with Crippen molar-refractivity contribution in [3.8, 4) is 0 Å². The lowest BCUT2D eigenvalue weighted by Crippen LogP contribution is -2.34. The van der Waals surface area contributed by atoms with E-state index in [-0.39, 0.29) is 5.56 Å². The van der Waals surface area contributed by atoms with E-state index in [4.69, 9.17) is 0 Å². The maximum Gasteiger partial charge on any atom is 0.278 e. The number of benzene rings is 1. The standard InChI is InChI=1S/C16H17N3O3S/c1-3-11(15(21)22)23-16-18-12-9-7-5-6-8-10(9)17-13(12)14(20)19(16)4-2/h5-8,11,17H,3-4H2,1-2H3,(H,21,22)/p-1/t11-/m0/s1. The van der Waals surface area contributed by atoms with Crippen molar-refractivity contribution in [1.29, 1.82) is 0 Å². The highest BCUT2D eigenvalue weighted by Crippen LogP contribution is 2.27. The average molecular weight is 330 g/mol. The van der Waals surface area contributed by atoms with Crippen LogP contribution < -0.4 is 10.7 Å². The van der Waals surface area contributed by atoms with Gasteiger partial charge in [0.25, 0.3) is 5.56 Å². The number of para-hydroxylation sites is 1. The van der Waals surface area contributed by atoms with Gasteiger partial charge in [-0.3, -0.25) is 9.36 Å². The molecule has 0 fully saturated rings. The average Bonchev–Trinajstić information content (AvgIpc) is 2.91. The lowest BCUT2D eigenvalue weighted by atomic mass is 10.2. The highest BCUT2D eigenvalue weighted by Gasteiger charge is 2.18. The van der Waals surface area contributed by atoms with E-state index in [0.29, 0.717) is 29.2 Å². The van der Waals surface area contributed by atoms with Gasteiger partial charge in [0.1, 0.15) is 11.0 Å². The molecule has 0 aliphatic carbocycles. The Morgan fingerprint density at radius 2 is 2.13 bits per heavy atom. The summed E-state index contributed by atoms with van der Waals surface area (Å²) in [7, 11) is 0. The number of carboxylic acid groups (broad SMARTS) is 1. The highest BCUT2D eigenvalue weighted by molar-refractivity contribution is 8.00. The molecule has 0 saturated heterocycles. The predicted octanol–water partition coefficient (Wildman–Crippen LogP) is 1.52. The molecule has 0 bridgehead atoms. The Hall–Kier alpha value is -2.28. The second-order valence-corrected chi connectivity index (χ2v) is 6.34. The van der Waals surface area contributed by atoms with Gasteiger partial charge in [-0.1, -0.05) is 36.9 Å². The minimum Gasteiger partial charge on any atom is -0.549 e. The lowest BCUT2D eigenvalue weighted by molar-refractivity contribution is -0.304. The van der Waals surface area contributed by atoms with E-state index in [0.717, 1.165) is 22.7 Å². The third kappa shape index (κ3) is 2.61. The number of H-pyrrole nitrogens is 1. The zero-order chi connectivity index (χ0) is 16.6. The van der Waals surface area contributed by atoms with Crippen LogP contribution in [0.3, 0.4) is 0 Å². The van der Waals surface area contributed by atoms with E-state index < -0.39 is 11.2 Å². The molecule has 1 N–H and O–H groups in total. The predicted molar refractivity (Wildman–Crippen MR) is 88.5 cm³/mol. The van der Waals surface area contributed by atoms with Gasteiger partial charge in [-0.25, -0.2) is 4.98 Å². The minimum absolute atomic E-state index is 0.190. The number of thioether (sulfide) groups is 1. The number of aromatic amines is 1. The first-order valence-electron chi connectivity index (χ1n) is 7.45. The highest BCUT2D eigenvalue weighted by atomic mass is 32.2. The molecule has 7 heteroatoms. The molecule has 120 valence electrons. The van der Waals surface area contributed by atoms with Crippen LogP contribution in [0.5, 0.6) is 0 Å². The van der Waals surface area contributed by atoms with E-state index in [2.05, 4.69) is 9.97 Å². The molecule has 6 nitrogen and oxygen atoms in total. The van der Waals surface area contributed by atoms with Crippen molar-refractivity contribution >= 4 is 39.7 Å². The van der Waals surface area contributed by atoms with Crippen LogP contribution in [0, 0.1) is 0 Å². The third-order valence-electron chi connectivity index (χ3n) is 3.77. The van der Waals surface area contributed by atoms with Gasteiger partial charge in [0, 0.05) is 17.4 Å². The Kier molecular flexibility index (Phi) is 4.12. The molecule has 1 aromatic carbocycles. The van der Waals surface area contributed by atoms with Crippen LogP contribution in [0.1, 0.15) is 20.3 Å². The van der Waals surface area contributed by atoms with Crippen molar-refractivity contribution in [1.82, 2.24) is 14.5 Å². The monoisotopic (exact) mass is 330 g/mol. The van der Waals surface area contributed by atoms with Crippen molar-refractivity contribution in [2.75, 3.05) is 0 Å². The lowest BCUT2D eigenvalue weighted by Gasteiger charge is -2.17. The zero-order valence-electron chi connectivity index (χ0n) is 12.8. The number of rotatable bonds is 5. The zero-order valence-corrected chi connectivity index (χ0v) is 13.6. The van der Waals surface area contributed by atoms with Crippen LogP contribution in [0.4, 0.5) is 0 Å². The summed E-state index contributed by atoms with van der Waals surface area (Å²) < 4.78 is 1.49.